The van der Waals surface area contributed by atoms with Gasteiger partial charge >= 0.3 is 0 Å². The van der Waals surface area contributed by atoms with Gasteiger partial charge in [-0.1, -0.05) is 13.0 Å². The first-order valence-corrected chi connectivity index (χ1v) is 7.86. The number of aliphatic imine (C=N–C) groups is 2. The fourth-order valence-electron chi connectivity index (χ4n) is 2.47. The third-order valence-electron chi connectivity index (χ3n) is 3.83. The Balaban J connectivity index is 3.74. The highest BCUT2D eigenvalue weighted by Crippen LogP contribution is 2.07. The van der Waals surface area contributed by atoms with Gasteiger partial charge in [0.2, 0.25) is 0 Å². The Morgan fingerprint density at radius 2 is 1.96 bits per heavy atom. The molecule has 7 heteroatoms. The average Bonchev–Trinajstić information content (AvgIpc) is 2.84. The number of aromatic amines is 1. The van der Waals surface area contributed by atoms with Crippen LogP contribution in [0.4, 0.5) is 0 Å². The molecule has 1 unspecified atom stereocenters. The minimum Gasteiger partial charge on any atom is -0.387 e. The first-order chi connectivity index (χ1) is 11.2. The van der Waals surface area contributed by atoms with Crippen molar-refractivity contribution in [3.05, 3.63) is 16.3 Å². The van der Waals surface area contributed by atoms with E-state index in [9.17, 15) is 0 Å². The predicted octanol–water partition coefficient (Wildman–Crippen LogP) is 1.16. The first-order valence-electron chi connectivity index (χ1n) is 7.86. The lowest BCUT2D eigenvalue weighted by molar-refractivity contribution is 1.02. The number of hydrogen-bond acceptors (Lipinski definition) is 4. The predicted molar refractivity (Wildman–Crippen MR) is 102 cm³/mol. The largest absolute Gasteiger partial charge is 0.387 e. The minimum atomic E-state index is -0.396. The van der Waals surface area contributed by atoms with Crippen LogP contribution in [0.2, 0.25) is 0 Å². The molecule has 0 aromatic carbocycles. The summed E-state index contributed by atoms with van der Waals surface area (Å²) in [5.41, 5.74) is 8.60. The molecule has 0 aliphatic carbocycles. The summed E-state index contributed by atoms with van der Waals surface area (Å²) < 4.78 is 0. The lowest BCUT2D eigenvalue weighted by Crippen LogP contribution is -2.32. The summed E-state index contributed by atoms with van der Waals surface area (Å²) in [6.45, 7) is 9.18. The molecule has 0 aliphatic rings. The Labute approximate surface area is 142 Å². The van der Waals surface area contributed by atoms with E-state index >= 15 is 0 Å². The molecule has 130 valence electrons. The Kier molecular flexibility index (Phi) is 6.76. The highest BCUT2D eigenvalue weighted by atomic mass is 15.1. The van der Waals surface area contributed by atoms with Gasteiger partial charge in [-0.3, -0.25) is 15.5 Å². The van der Waals surface area contributed by atoms with Gasteiger partial charge in [0.05, 0.1) is 22.8 Å². The van der Waals surface area contributed by atoms with Crippen molar-refractivity contribution in [2.75, 3.05) is 7.05 Å². The van der Waals surface area contributed by atoms with E-state index in [-0.39, 0.29) is 5.84 Å². The SMILES string of the molecule is CC/C(C(C)=N)=c1/[nH]nc(C)/c1=C/C(C(=N)N=C(C)N)C(C)=NC. The van der Waals surface area contributed by atoms with E-state index in [1.165, 1.54) is 0 Å². The Morgan fingerprint density at radius 1 is 1.33 bits per heavy atom. The molecule has 0 aliphatic heterocycles. The standard InChI is InChI=1S/C17H27N7/c1-7-13(9(2)18)16-14(11(4)23-24-16)8-15(10(3)21-6)17(20)22-12(5)19/h8,15,18,24H,7H2,1-6H3,(H3,19,20,22)/b14-8-,16-13-,18-9?,21-10?. The van der Waals surface area contributed by atoms with Crippen LogP contribution in [-0.4, -0.2) is 40.3 Å². The molecule has 1 atom stereocenters. The smallest absolute Gasteiger partial charge is 0.135 e. The quantitative estimate of drug-likeness (QED) is 0.478. The van der Waals surface area contributed by atoms with E-state index in [1.54, 1.807) is 20.9 Å². The number of hydrogen-bond donors (Lipinski definition) is 4. The van der Waals surface area contributed by atoms with Gasteiger partial charge in [0.15, 0.2) is 0 Å². The average molecular weight is 329 g/mol. The van der Waals surface area contributed by atoms with Crippen LogP contribution in [0.1, 0.15) is 39.8 Å². The zero-order valence-corrected chi connectivity index (χ0v) is 15.3. The Bertz CT molecular complexity index is 804. The summed E-state index contributed by atoms with van der Waals surface area (Å²) in [6, 6.07) is 0. The summed E-state index contributed by atoms with van der Waals surface area (Å²) in [5, 5.41) is 25.2. The van der Waals surface area contributed by atoms with Crippen LogP contribution < -0.4 is 16.3 Å². The second-order valence-electron chi connectivity index (χ2n) is 5.70. The third kappa shape index (κ3) is 4.47. The molecule has 5 N–H and O–H groups in total. The molecule has 0 amide bonds. The van der Waals surface area contributed by atoms with Crippen molar-refractivity contribution in [1.82, 2.24) is 10.2 Å². The van der Waals surface area contributed by atoms with Crippen LogP contribution in [0.5, 0.6) is 0 Å². The van der Waals surface area contributed by atoms with Crippen LogP contribution in [0, 0.1) is 23.7 Å². The van der Waals surface area contributed by atoms with Crippen LogP contribution in [0.3, 0.4) is 0 Å². The molecule has 0 radical (unpaired) electrons. The van der Waals surface area contributed by atoms with E-state index in [0.717, 1.165) is 34.0 Å². The number of aryl methyl sites for hydroxylation is 1. The molecule has 1 rings (SSSR count). The lowest BCUT2D eigenvalue weighted by Gasteiger charge is -2.11. The van der Waals surface area contributed by atoms with Gasteiger partial charge in [-0.2, -0.15) is 5.10 Å². The van der Waals surface area contributed by atoms with Gasteiger partial charge in [-0.25, -0.2) is 4.99 Å². The molecule has 1 aromatic rings. The van der Waals surface area contributed by atoms with Crippen molar-refractivity contribution in [2.45, 2.75) is 41.0 Å². The lowest BCUT2D eigenvalue weighted by atomic mass is 9.99. The number of aromatic nitrogens is 2. The van der Waals surface area contributed by atoms with Gasteiger partial charge in [0, 0.05) is 23.7 Å². The molecule has 0 bridgehead atoms. The summed E-state index contributed by atoms with van der Waals surface area (Å²) in [6.07, 6.45) is 2.64. The first kappa shape index (κ1) is 19.5. The Morgan fingerprint density at radius 3 is 2.42 bits per heavy atom. The van der Waals surface area contributed by atoms with Crippen LogP contribution in [-0.2, 0) is 0 Å². The molecule has 0 saturated heterocycles. The van der Waals surface area contributed by atoms with E-state index in [2.05, 4.69) is 20.2 Å². The van der Waals surface area contributed by atoms with Crippen molar-refractivity contribution < 1.29 is 0 Å². The highest BCUT2D eigenvalue weighted by molar-refractivity contribution is 6.15. The maximum Gasteiger partial charge on any atom is 0.135 e. The van der Waals surface area contributed by atoms with Crippen LogP contribution in [0.25, 0.3) is 11.6 Å². The summed E-state index contributed by atoms with van der Waals surface area (Å²) >= 11 is 0. The monoisotopic (exact) mass is 329 g/mol. The molecule has 0 saturated carbocycles. The number of nitrogens with one attached hydrogen (secondary N) is 3. The number of nitrogens with zero attached hydrogens (tertiary/aromatic N) is 3. The molecule has 24 heavy (non-hydrogen) atoms. The van der Waals surface area contributed by atoms with E-state index in [0.29, 0.717) is 11.5 Å². The zero-order chi connectivity index (χ0) is 18.4. The zero-order valence-electron chi connectivity index (χ0n) is 15.3. The Hall–Kier alpha value is -2.57. The van der Waals surface area contributed by atoms with Crippen molar-refractivity contribution >= 4 is 34.7 Å². The van der Waals surface area contributed by atoms with E-state index < -0.39 is 5.92 Å². The number of nitrogens with two attached hydrogens (primary N) is 1. The van der Waals surface area contributed by atoms with E-state index in [1.807, 2.05) is 26.8 Å². The van der Waals surface area contributed by atoms with Crippen LogP contribution >= 0.6 is 0 Å². The fraction of sp³-hybridized carbons (Fsp3) is 0.471. The highest BCUT2D eigenvalue weighted by Gasteiger charge is 2.16. The maximum atomic E-state index is 8.23. The van der Waals surface area contributed by atoms with Gasteiger partial charge in [-0.15, -0.1) is 0 Å². The fourth-order valence-corrected chi connectivity index (χ4v) is 2.47. The molecule has 1 aromatic heterocycles. The van der Waals surface area contributed by atoms with Gasteiger partial charge in [0.25, 0.3) is 0 Å². The van der Waals surface area contributed by atoms with Gasteiger partial charge < -0.3 is 11.1 Å². The maximum absolute atomic E-state index is 8.23. The molecule has 1 heterocycles. The van der Waals surface area contributed by atoms with Gasteiger partial charge in [0.1, 0.15) is 5.84 Å². The number of rotatable bonds is 5. The summed E-state index contributed by atoms with van der Waals surface area (Å²) in [5.74, 6) is 0.0737. The van der Waals surface area contributed by atoms with Crippen molar-refractivity contribution in [3.8, 4) is 0 Å². The summed E-state index contributed by atoms with van der Waals surface area (Å²) in [7, 11) is 1.69. The van der Waals surface area contributed by atoms with Crippen molar-refractivity contribution in [2.24, 2.45) is 21.6 Å². The summed E-state index contributed by atoms with van der Waals surface area (Å²) in [4.78, 5) is 8.28. The topological polar surface area (TPSA) is 127 Å². The minimum absolute atomic E-state index is 0.134. The molecule has 7 nitrogen and oxygen atoms in total. The molecule has 0 fully saturated rings. The second kappa shape index (κ2) is 8.33. The number of amidine groups is 2. The molecule has 0 spiro atoms. The van der Waals surface area contributed by atoms with Crippen molar-refractivity contribution in [3.63, 3.8) is 0 Å². The number of H-pyrrole nitrogens is 1. The van der Waals surface area contributed by atoms with Gasteiger partial charge in [-0.05, 0) is 39.7 Å². The van der Waals surface area contributed by atoms with E-state index in [4.69, 9.17) is 16.6 Å². The third-order valence-corrected chi connectivity index (χ3v) is 3.83. The molecular weight excluding hydrogens is 302 g/mol. The molecular formula is C17H27N7. The van der Waals surface area contributed by atoms with Crippen LogP contribution in [0.15, 0.2) is 9.98 Å². The normalized spacial score (nSPS) is 16.2. The second-order valence-corrected chi connectivity index (χ2v) is 5.70. The van der Waals surface area contributed by atoms with Crippen molar-refractivity contribution in [1.29, 1.82) is 10.8 Å².